The second kappa shape index (κ2) is 7.35. The first kappa shape index (κ1) is 14.9. The Bertz CT molecular complexity index is 614. The summed E-state index contributed by atoms with van der Waals surface area (Å²) in [6, 6.07) is 9.73. The van der Waals surface area contributed by atoms with Gasteiger partial charge in [-0.2, -0.15) is 0 Å². The number of amides is 3. The maximum atomic E-state index is 11.6. The fourth-order valence-electron chi connectivity index (χ4n) is 1.56. The normalized spacial score (nSPS) is 9.95. The maximum absolute atomic E-state index is 11.6. The third kappa shape index (κ3) is 5.19. The number of halogens is 1. The summed E-state index contributed by atoms with van der Waals surface area (Å²) in [7, 11) is 0. The van der Waals surface area contributed by atoms with Gasteiger partial charge in [0.2, 0.25) is 5.91 Å². The van der Waals surface area contributed by atoms with E-state index in [1.165, 1.54) is 6.26 Å². The molecule has 0 saturated carbocycles. The first-order valence-corrected chi connectivity index (χ1v) is 6.61. The van der Waals surface area contributed by atoms with Crippen LogP contribution in [-0.2, 0) is 11.3 Å². The van der Waals surface area contributed by atoms with Crippen LogP contribution in [0, 0.1) is 0 Å². The summed E-state index contributed by atoms with van der Waals surface area (Å²) >= 11 is 5.80. The van der Waals surface area contributed by atoms with Crippen LogP contribution >= 0.6 is 11.6 Å². The molecule has 21 heavy (non-hydrogen) atoms. The zero-order valence-electron chi connectivity index (χ0n) is 11.1. The van der Waals surface area contributed by atoms with Crippen LogP contribution in [0.3, 0.4) is 0 Å². The third-order valence-electron chi connectivity index (χ3n) is 2.53. The van der Waals surface area contributed by atoms with Crippen molar-refractivity contribution in [3.63, 3.8) is 0 Å². The topological polar surface area (TPSA) is 83.4 Å². The molecule has 1 aromatic carbocycles. The largest absolute Gasteiger partial charge is 0.467 e. The van der Waals surface area contributed by atoms with E-state index < -0.39 is 6.03 Å². The van der Waals surface area contributed by atoms with E-state index in [1.807, 2.05) is 0 Å². The zero-order chi connectivity index (χ0) is 15.1. The van der Waals surface area contributed by atoms with Crippen LogP contribution in [0.2, 0.25) is 5.02 Å². The van der Waals surface area contributed by atoms with Gasteiger partial charge in [-0.1, -0.05) is 17.7 Å². The minimum absolute atomic E-state index is 0.132. The van der Waals surface area contributed by atoms with Crippen molar-refractivity contribution in [2.45, 2.75) is 6.54 Å². The van der Waals surface area contributed by atoms with Gasteiger partial charge in [0.05, 0.1) is 19.4 Å². The minimum atomic E-state index is -0.481. The summed E-state index contributed by atoms with van der Waals surface area (Å²) in [4.78, 5) is 23.1. The highest BCUT2D eigenvalue weighted by atomic mass is 35.5. The van der Waals surface area contributed by atoms with Gasteiger partial charge in [-0.05, 0) is 30.3 Å². The van der Waals surface area contributed by atoms with Crippen molar-refractivity contribution >= 4 is 29.2 Å². The van der Waals surface area contributed by atoms with Gasteiger partial charge in [0.15, 0.2) is 0 Å². The molecule has 7 heteroatoms. The Morgan fingerprint density at radius 1 is 1.14 bits per heavy atom. The van der Waals surface area contributed by atoms with Gasteiger partial charge < -0.3 is 20.4 Å². The number of furan rings is 1. The Morgan fingerprint density at radius 2 is 2.00 bits per heavy atom. The Balaban J connectivity index is 1.69. The first-order valence-electron chi connectivity index (χ1n) is 6.23. The van der Waals surface area contributed by atoms with Crippen molar-refractivity contribution in [2.75, 3.05) is 11.9 Å². The molecule has 1 heterocycles. The summed E-state index contributed by atoms with van der Waals surface area (Å²) in [6.45, 7) is 0.149. The van der Waals surface area contributed by atoms with Crippen LogP contribution in [-0.4, -0.2) is 18.5 Å². The van der Waals surface area contributed by atoms with E-state index >= 15 is 0 Å². The van der Waals surface area contributed by atoms with E-state index in [-0.39, 0.29) is 19.0 Å². The Hall–Kier alpha value is -2.47. The predicted molar refractivity (Wildman–Crippen MR) is 79.0 cm³/mol. The van der Waals surface area contributed by atoms with Crippen molar-refractivity contribution in [1.29, 1.82) is 0 Å². The molecule has 3 amide bonds. The third-order valence-corrected chi connectivity index (χ3v) is 2.77. The molecule has 0 bridgehead atoms. The Morgan fingerprint density at radius 3 is 2.71 bits per heavy atom. The second-order valence-electron chi connectivity index (χ2n) is 4.17. The maximum Gasteiger partial charge on any atom is 0.319 e. The van der Waals surface area contributed by atoms with E-state index in [0.717, 1.165) is 0 Å². The quantitative estimate of drug-likeness (QED) is 0.793. The highest BCUT2D eigenvalue weighted by molar-refractivity contribution is 6.30. The number of hydrogen-bond acceptors (Lipinski definition) is 3. The van der Waals surface area contributed by atoms with Gasteiger partial charge in [0.25, 0.3) is 0 Å². The summed E-state index contributed by atoms with van der Waals surface area (Å²) in [5, 5.41) is 8.15. The van der Waals surface area contributed by atoms with Crippen molar-refractivity contribution in [2.24, 2.45) is 0 Å². The van der Waals surface area contributed by atoms with Gasteiger partial charge in [0.1, 0.15) is 5.76 Å². The van der Waals surface area contributed by atoms with Crippen LogP contribution < -0.4 is 16.0 Å². The van der Waals surface area contributed by atoms with Gasteiger partial charge >= 0.3 is 6.03 Å². The Labute approximate surface area is 126 Å². The molecule has 0 spiro atoms. The van der Waals surface area contributed by atoms with E-state index in [9.17, 15) is 9.59 Å². The lowest BCUT2D eigenvalue weighted by molar-refractivity contribution is -0.120. The lowest BCUT2D eigenvalue weighted by Crippen LogP contribution is -2.38. The van der Waals surface area contributed by atoms with Crippen LogP contribution in [0.1, 0.15) is 5.76 Å². The number of nitrogens with one attached hydrogen (secondary N) is 3. The van der Waals surface area contributed by atoms with Crippen LogP contribution in [0.25, 0.3) is 0 Å². The van der Waals surface area contributed by atoms with Crippen molar-refractivity contribution in [1.82, 2.24) is 10.6 Å². The summed E-state index contributed by atoms with van der Waals surface area (Å²) in [5.41, 5.74) is 0.552. The standard InChI is InChI=1S/C14H14ClN3O3/c15-10-3-1-4-11(7-10)18-14(20)17-9-13(19)16-8-12-5-2-6-21-12/h1-7H,8-9H2,(H,16,19)(H2,17,18,20). The van der Waals surface area contributed by atoms with Crippen LogP contribution in [0.5, 0.6) is 0 Å². The van der Waals surface area contributed by atoms with Crippen molar-refractivity contribution in [3.8, 4) is 0 Å². The van der Waals surface area contributed by atoms with Crippen LogP contribution in [0.4, 0.5) is 10.5 Å². The van der Waals surface area contributed by atoms with E-state index in [1.54, 1.807) is 36.4 Å². The molecule has 0 aliphatic rings. The average molecular weight is 308 g/mol. The van der Waals surface area contributed by atoms with Gasteiger partial charge in [-0.15, -0.1) is 0 Å². The van der Waals surface area contributed by atoms with Crippen LogP contribution in [0.15, 0.2) is 47.1 Å². The smallest absolute Gasteiger partial charge is 0.319 e. The number of benzene rings is 1. The van der Waals surface area contributed by atoms with Gasteiger partial charge in [0, 0.05) is 10.7 Å². The fraction of sp³-hybridized carbons (Fsp3) is 0.143. The molecule has 6 nitrogen and oxygen atoms in total. The number of anilines is 1. The fourth-order valence-corrected chi connectivity index (χ4v) is 1.75. The number of hydrogen-bond donors (Lipinski definition) is 3. The van der Waals surface area contributed by atoms with E-state index in [2.05, 4.69) is 16.0 Å². The molecule has 0 unspecified atom stereocenters. The molecule has 2 aromatic rings. The molecule has 0 fully saturated rings. The van der Waals surface area contributed by atoms with Crippen molar-refractivity contribution in [3.05, 3.63) is 53.4 Å². The summed E-state index contributed by atoms with van der Waals surface area (Å²) in [5.74, 6) is 0.333. The lowest BCUT2D eigenvalue weighted by Gasteiger charge is -2.08. The number of carbonyl (C=O) groups is 2. The predicted octanol–water partition coefficient (Wildman–Crippen LogP) is 2.37. The molecule has 110 valence electrons. The van der Waals surface area contributed by atoms with Crippen molar-refractivity contribution < 1.29 is 14.0 Å². The molecule has 0 aliphatic carbocycles. The molecule has 3 N–H and O–H groups in total. The van der Waals surface area contributed by atoms with E-state index in [0.29, 0.717) is 16.5 Å². The second-order valence-corrected chi connectivity index (χ2v) is 4.61. The average Bonchev–Trinajstić information content (AvgIpc) is 2.96. The molecule has 2 rings (SSSR count). The van der Waals surface area contributed by atoms with E-state index in [4.69, 9.17) is 16.0 Å². The summed E-state index contributed by atoms with van der Waals surface area (Å²) in [6.07, 6.45) is 1.53. The molecule has 0 aliphatic heterocycles. The first-order chi connectivity index (χ1) is 10.1. The molecule has 0 atom stereocenters. The number of carbonyl (C=O) groups excluding carboxylic acids is 2. The lowest BCUT2D eigenvalue weighted by atomic mass is 10.3. The number of rotatable bonds is 5. The molecular formula is C14H14ClN3O3. The molecular weight excluding hydrogens is 294 g/mol. The SMILES string of the molecule is O=C(CNC(=O)Nc1cccc(Cl)c1)NCc1ccco1. The highest BCUT2D eigenvalue weighted by Gasteiger charge is 2.06. The molecule has 0 saturated heterocycles. The van der Waals surface area contributed by atoms with Gasteiger partial charge in [-0.25, -0.2) is 4.79 Å². The monoisotopic (exact) mass is 307 g/mol. The molecule has 0 radical (unpaired) electrons. The Kier molecular flexibility index (Phi) is 5.22. The number of urea groups is 1. The highest BCUT2D eigenvalue weighted by Crippen LogP contribution is 2.14. The van der Waals surface area contributed by atoms with Gasteiger partial charge in [-0.3, -0.25) is 4.79 Å². The summed E-state index contributed by atoms with van der Waals surface area (Å²) < 4.78 is 5.07. The molecule has 1 aromatic heterocycles. The zero-order valence-corrected chi connectivity index (χ0v) is 11.8. The minimum Gasteiger partial charge on any atom is -0.467 e.